The molecular formula is C23H22N6O. The SMILES string of the molecule is N#Cc1cccc(Nc2cc(C(=O)N3CCN(Cc4ccccc4)CC3)ncn2)c1. The Morgan fingerprint density at radius 2 is 1.80 bits per heavy atom. The summed E-state index contributed by atoms with van der Waals surface area (Å²) in [6.07, 6.45) is 1.38. The van der Waals surface area contributed by atoms with Crippen LogP contribution in [0.2, 0.25) is 0 Å². The third-order valence-corrected chi connectivity index (χ3v) is 5.06. The number of hydrogen-bond acceptors (Lipinski definition) is 6. The van der Waals surface area contributed by atoms with Gasteiger partial charge in [0.2, 0.25) is 0 Å². The van der Waals surface area contributed by atoms with E-state index < -0.39 is 0 Å². The summed E-state index contributed by atoms with van der Waals surface area (Å²) >= 11 is 0. The number of amides is 1. The zero-order valence-electron chi connectivity index (χ0n) is 16.5. The van der Waals surface area contributed by atoms with Crippen LogP contribution in [0.1, 0.15) is 21.6 Å². The summed E-state index contributed by atoms with van der Waals surface area (Å²) in [5.41, 5.74) is 2.93. The summed E-state index contributed by atoms with van der Waals surface area (Å²) in [5.74, 6) is 0.428. The van der Waals surface area contributed by atoms with E-state index in [1.807, 2.05) is 29.2 Å². The number of hydrogen-bond donors (Lipinski definition) is 1. The maximum Gasteiger partial charge on any atom is 0.272 e. The van der Waals surface area contributed by atoms with Crippen molar-refractivity contribution in [2.45, 2.75) is 6.54 Å². The van der Waals surface area contributed by atoms with Crippen LogP contribution in [0.3, 0.4) is 0 Å². The van der Waals surface area contributed by atoms with Crippen LogP contribution in [0.5, 0.6) is 0 Å². The van der Waals surface area contributed by atoms with Crippen molar-refractivity contribution in [3.05, 3.63) is 83.8 Å². The van der Waals surface area contributed by atoms with Gasteiger partial charge >= 0.3 is 0 Å². The van der Waals surface area contributed by atoms with Crippen molar-refractivity contribution < 1.29 is 4.79 Å². The highest BCUT2D eigenvalue weighted by Crippen LogP contribution is 2.17. The van der Waals surface area contributed by atoms with Crippen molar-refractivity contribution in [3.63, 3.8) is 0 Å². The fraction of sp³-hybridized carbons (Fsp3) is 0.217. The number of carbonyl (C=O) groups excluding carboxylic acids is 1. The van der Waals surface area contributed by atoms with Crippen molar-refractivity contribution in [3.8, 4) is 6.07 Å². The van der Waals surface area contributed by atoms with Gasteiger partial charge in [-0.25, -0.2) is 9.97 Å². The first kappa shape index (κ1) is 19.6. The molecule has 0 unspecified atom stereocenters. The lowest BCUT2D eigenvalue weighted by molar-refractivity contribution is 0.0622. The minimum atomic E-state index is -0.0920. The molecule has 150 valence electrons. The predicted octanol–water partition coefficient (Wildman–Crippen LogP) is 3.05. The molecule has 0 aliphatic carbocycles. The molecule has 1 aliphatic heterocycles. The van der Waals surface area contributed by atoms with Crippen molar-refractivity contribution >= 4 is 17.4 Å². The third-order valence-electron chi connectivity index (χ3n) is 5.06. The molecule has 0 saturated carbocycles. The molecule has 2 heterocycles. The molecule has 4 rings (SSSR count). The Labute approximate surface area is 175 Å². The smallest absolute Gasteiger partial charge is 0.272 e. The zero-order valence-corrected chi connectivity index (χ0v) is 16.5. The molecule has 7 nitrogen and oxygen atoms in total. The molecule has 1 aliphatic rings. The van der Waals surface area contributed by atoms with Gasteiger partial charge in [-0.2, -0.15) is 5.26 Å². The number of carbonyl (C=O) groups is 1. The van der Waals surface area contributed by atoms with Crippen LogP contribution in [-0.2, 0) is 6.54 Å². The Bertz CT molecular complexity index is 1050. The van der Waals surface area contributed by atoms with Crippen molar-refractivity contribution in [2.24, 2.45) is 0 Å². The average Bonchev–Trinajstić information content (AvgIpc) is 2.80. The van der Waals surface area contributed by atoms with Crippen molar-refractivity contribution in [2.75, 3.05) is 31.5 Å². The maximum absolute atomic E-state index is 12.9. The second kappa shape index (κ2) is 9.16. The highest BCUT2D eigenvalue weighted by molar-refractivity contribution is 5.93. The summed E-state index contributed by atoms with van der Waals surface area (Å²) in [5, 5.41) is 12.2. The van der Waals surface area contributed by atoms with E-state index in [-0.39, 0.29) is 5.91 Å². The van der Waals surface area contributed by atoms with Gasteiger partial charge in [0.05, 0.1) is 11.6 Å². The lowest BCUT2D eigenvalue weighted by atomic mass is 10.2. The van der Waals surface area contributed by atoms with Crippen molar-refractivity contribution in [1.82, 2.24) is 19.8 Å². The molecule has 1 N–H and O–H groups in total. The molecule has 0 atom stereocenters. The first-order chi connectivity index (χ1) is 14.7. The average molecular weight is 398 g/mol. The van der Waals surface area contributed by atoms with Crippen LogP contribution in [0, 0.1) is 11.3 Å². The third kappa shape index (κ3) is 4.80. The van der Waals surface area contributed by atoms with Gasteiger partial charge in [0.1, 0.15) is 17.8 Å². The molecule has 1 aromatic heterocycles. The molecule has 7 heteroatoms. The fourth-order valence-electron chi connectivity index (χ4n) is 3.47. The lowest BCUT2D eigenvalue weighted by Crippen LogP contribution is -2.48. The van der Waals surface area contributed by atoms with Gasteiger partial charge < -0.3 is 10.2 Å². The number of piperazine rings is 1. The fourth-order valence-corrected chi connectivity index (χ4v) is 3.47. The highest BCUT2D eigenvalue weighted by Gasteiger charge is 2.23. The quantitative estimate of drug-likeness (QED) is 0.711. The molecule has 1 amide bonds. The molecule has 3 aromatic rings. The molecule has 1 fully saturated rings. The van der Waals surface area contributed by atoms with E-state index in [2.05, 4.69) is 38.4 Å². The van der Waals surface area contributed by atoms with Crippen LogP contribution >= 0.6 is 0 Å². The van der Waals surface area contributed by atoms with Crippen LogP contribution in [0.4, 0.5) is 11.5 Å². The van der Waals surface area contributed by atoms with E-state index in [9.17, 15) is 4.79 Å². The number of benzene rings is 2. The minimum Gasteiger partial charge on any atom is -0.340 e. The Balaban J connectivity index is 1.37. The maximum atomic E-state index is 12.9. The number of anilines is 2. The van der Waals surface area contributed by atoms with Gasteiger partial charge in [-0.05, 0) is 23.8 Å². The van der Waals surface area contributed by atoms with Gasteiger partial charge in [0.15, 0.2) is 0 Å². The van der Waals surface area contributed by atoms with Crippen LogP contribution in [0.15, 0.2) is 67.0 Å². The van der Waals surface area contributed by atoms with Gasteiger partial charge in [-0.1, -0.05) is 36.4 Å². The van der Waals surface area contributed by atoms with E-state index in [0.717, 1.165) is 25.3 Å². The highest BCUT2D eigenvalue weighted by atomic mass is 16.2. The molecule has 0 radical (unpaired) electrons. The molecule has 0 spiro atoms. The van der Waals surface area contributed by atoms with E-state index in [1.165, 1.54) is 11.9 Å². The second-order valence-electron chi connectivity index (χ2n) is 7.16. The summed E-state index contributed by atoms with van der Waals surface area (Å²) < 4.78 is 0. The summed E-state index contributed by atoms with van der Waals surface area (Å²) in [4.78, 5) is 25.5. The van der Waals surface area contributed by atoms with Gasteiger partial charge in [-0.3, -0.25) is 9.69 Å². The second-order valence-corrected chi connectivity index (χ2v) is 7.16. The number of nitrogens with zero attached hydrogens (tertiary/aromatic N) is 5. The minimum absolute atomic E-state index is 0.0920. The number of nitrogens with one attached hydrogen (secondary N) is 1. The molecule has 0 bridgehead atoms. The predicted molar refractivity (Wildman–Crippen MR) is 114 cm³/mol. The van der Waals surface area contributed by atoms with Gasteiger partial charge in [0, 0.05) is 44.5 Å². The number of nitriles is 1. The Kier molecular flexibility index (Phi) is 5.97. The largest absolute Gasteiger partial charge is 0.340 e. The zero-order chi connectivity index (χ0) is 20.8. The van der Waals surface area contributed by atoms with Crippen LogP contribution in [-0.4, -0.2) is 51.9 Å². The van der Waals surface area contributed by atoms with E-state index in [1.54, 1.807) is 24.3 Å². The first-order valence-electron chi connectivity index (χ1n) is 9.86. The van der Waals surface area contributed by atoms with Crippen LogP contribution in [0.25, 0.3) is 0 Å². The Morgan fingerprint density at radius 3 is 2.57 bits per heavy atom. The van der Waals surface area contributed by atoms with Crippen LogP contribution < -0.4 is 5.32 Å². The Hall–Kier alpha value is -3.76. The first-order valence-corrected chi connectivity index (χ1v) is 9.86. The summed E-state index contributed by atoms with van der Waals surface area (Å²) in [6, 6.07) is 21.2. The van der Waals surface area contributed by atoms with E-state index >= 15 is 0 Å². The van der Waals surface area contributed by atoms with E-state index in [0.29, 0.717) is 30.2 Å². The normalized spacial score (nSPS) is 14.2. The van der Waals surface area contributed by atoms with Gasteiger partial charge in [-0.15, -0.1) is 0 Å². The summed E-state index contributed by atoms with van der Waals surface area (Å²) in [7, 11) is 0. The van der Waals surface area contributed by atoms with E-state index in [4.69, 9.17) is 5.26 Å². The standard InChI is InChI=1S/C23H22N6O/c24-15-19-7-4-8-20(13-19)27-22-14-21(25-17-26-22)23(30)29-11-9-28(10-12-29)16-18-5-2-1-3-6-18/h1-8,13-14,17H,9-12,16H2,(H,25,26,27). The Morgan fingerprint density at radius 1 is 1.00 bits per heavy atom. The number of rotatable bonds is 5. The molecule has 1 saturated heterocycles. The topological polar surface area (TPSA) is 85.2 Å². The monoisotopic (exact) mass is 398 g/mol. The molecular weight excluding hydrogens is 376 g/mol. The summed E-state index contributed by atoms with van der Waals surface area (Å²) in [6.45, 7) is 3.90. The number of aromatic nitrogens is 2. The lowest BCUT2D eigenvalue weighted by Gasteiger charge is -2.34. The molecule has 2 aromatic carbocycles. The van der Waals surface area contributed by atoms with Gasteiger partial charge in [0.25, 0.3) is 5.91 Å². The van der Waals surface area contributed by atoms with Crippen molar-refractivity contribution in [1.29, 1.82) is 5.26 Å². The molecule has 30 heavy (non-hydrogen) atoms.